The second kappa shape index (κ2) is 3.62. The van der Waals surface area contributed by atoms with Crippen LogP contribution in [0.1, 0.15) is 30.0 Å². The first kappa shape index (κ1) is 8.40. The molecule has 0 aliphatic rings. The van der Waals surface area contributed by atoms with Crippen LogP contribution < -0.4 is 0 Å². The van der Waals surface area contributed by atoms with Crippen molar-refractivity contribution in [3.63, 3.8) is 0 Å². The molecule has 0 saturated carbocycles. The largest absolute Gasteiger partial charge is 0.312 e. The highest BCUT2D eigenvalue weighted by Gasteiger charge is 2.08. The van der Waals surface area contributed by atoms with Gasteiger partial charge in [-0.15, -0.1) is 11.3 Å². The van der Waals surface area contributed by atoms with Crippen molar-refractivity contribution in [3.05, 3.63) is 16.1 Å². The molecule has 11 heavy (non-hydrogen) atoms. The molecule has 0 aliphatic heterocycles. The van der Waals surface area contributed by atoms with Gasteiger partial charge in [-0.25, -0.2) is 4.98 Å². The zero-order valence-electron chi connectivity index (χ0n) is 6.79. The standard InChI is InChI=1S/C8H12N2S/c1-3-7(4-9)8-10-6(2)5-11-8/h4-5,7,9H,3H2,1-2H3/t7-/m1/s1. The smallest absolute Gasteiger partial charge is 0.101 e. The average Bonchev–Trinajstić information content (AvgIpc) is 2.39. The lowest BCUT2D eigenvalue weighted by molar-refractivity contribution is 0.840. The molecule has 2 nitrogen and oxygen atoms in total. The molecule has 0 saturated heterocycles. The van der Waals surface area contributed by atoms with Crippen LogP contribution in [0.4, 0.5) is 0 Å². The van der Waals surface area contributed by atoms with E-state index in [0.717, 1.165) is 17.1 Å². The number of thiazole rings is 1. The number of aromatic nitrogens is 1. The Morgan fingerprint density at radius 1 is 1.82 bits per heavy atom. The summed E-state index contributed by atoms with van der Waals surface area (Å²) in [6, 6.07) is 0. The first-order valence-electron chi connectivity index (χ1n) is 3.70. The lowest BCUT2D eigenvalue weighted by atomic mass is 10.1. The van der Waals surface area contributed by atoms with Crippen LogP contribution in [0.5, 0.6) is 0 Å². The van der Waals surface area contributed by atoms with E-state index in [4.69, 9.17) is 5.41 Å². The summed E-state index contributed by atoms with van der Waals surface area (Å²) in [5, 5.41) is 10.2. The van der Waals surface area contributed by atoms with Crippen LogP contribution in [0, 0.1) is 12.3 Å². The number of aryl methyl sites for hydroxylation is 1. The minimum atomic E-state index is 0.230. The van der Waals surface area contributed by atoms with Gasteiger partial charge in [-0.3, -0.25) is 0 Å². The van der Waals surface area contributed by atoms with E-state index >= 15 is 0 Å². The Balaban J connectivity index is 2.81. The van der Waals surface area contributed by atoms with Crippen molar-refractivity contribution >= 4 is 17.6 Å². The van der Waals surface area contributed by atoms with Crippen molar-refractivity contribution in [2.24, 2.45) is 0 Å². The van der Waals surface area contributed by atoms with Crippen LogP contribution in [0.3, 0.4) is 0 Å². The summed E-state index contributed by atoms with van der Waals surface area (Å²) in [4.78, 5) is 4.32. The molecule has 3 heteroatoms. The first-order chi connectivity index (χ1) is 5.27. The molecule has 0 spiro atoms. The number of nitrogens with zero attached hydrogens (tertiary/aromatic N) is 1. The van der Waals surface area contributed by atoms with Crippen molar-refractivity contribution in [2.75, 3.05) is 0 Å². The number of rotatable bonds is 3. The second-order valence-electron chi connectivity index (χ2n) is 2.51. The molecular weight excluding hydrogens is 156 g/mol. The molecule has 1 N–H and O–H groups in total. The van der Waals surface area contributed by atoms with Crippen LogP contribution in [0.25, 0.3) is 0 Å². The van der Waals surface area contributed by atoms with Crippen LogP contribution in [-0.4, -0.2) is 11.2 Å². The zero-order chi connectivity index (χ0) is 8.27. The maximum absolute atomic E-state index is 7.15. The molecule has 0 unspecified atom stereocenters. The van der Waals surface area contributed by atoms with E-state index in [1.807, 2.05) is 12.3 Å². The fourth-order valence-corrected chi connectivity index (χ4v) is 1.86. The minimum absolute atomic E-state index is 0.230. The van der Waals surface area contributed by atoms with Crippen molar-refractivity contribution in [3.8, 4) is 0 Å². The van der Waals surface area contributed by atoms with Crippen LogP contribution >= 0.6 is 11.3 Å². The molecule has 1 atom stereocenters. The summed E-state index contributed by atoms with van der Waals surface area (Å²) in [5.74, 6) is 0.230. The Bertz CT molecular complexity index is 242. The third-order valence-electron chi connectivity index (χ3n) is 1.59. The summed E-state index contributed by atoms with van der Waals surface area (Å²) < 4.78 is 0. The molecule has 1 heterocycles. The second-order valence-corrected chi connectivity index (χ2v) is 3.40. The quantitative estimate of drug-likeness (QED) is 0.692. The summed E-state index contributed by atoms with van der Waals surface area (Å²) in [6.45, 7) is 4.06. The normalized spacial score (nSPS) is 12.9. The van der Waals surface area contributed by atoms with E-state index in [-0.39, 0.29) is 5.92 Å². The third kappa shape index (κ3) is 1.87. The van der Waals surface area contributed by atoms with Gasteiger partial charge in [-0.2, -0.15) is 0 Å². The van der Waals surface area contributed by atoms with Gasteiger partial charge >= 0.3 is 0 Å². The topological polar surface area (TPSA) is 36.7 Å². The molecule has 60 valence electrons. The van der Waals surface area contributed by atoms with Crippen molar-refractivity contribution in [1.29, 1.82) is 5.41 Å². The number of nitrogens with one attached hydrogen (secondary N) is 1. The summed E-state index contributed by atoms with van der Waals surface area (Å²) in [7, 11) is 0. The average molecular weight is 168 g/mol. The predicted octanol–water partition coefficient (Wildman–Crippen LogP) is 2.59. The maximum Gasteiger partial charge on any atom is 0.101 e. The van der Waals surface area contributed by atoms with Gasteiger partial charge in [0.25, 0.3) is 0 Å². The van der Waals surface area contributed by atoms with Gasteiger partial charge in [0.15, 0.2) is 0 Å². The molecule has 0 fully saturated rings. The highest BCUT2D eigenvalue weighted by molar-refractivity contribution is 7.09. The Hall–Kier alpha value is -0.700. The van der Waals surface area contributed by atoms with Gasteiger partial charge in [0.1, 0.15) is 5.01 Å². The molecule has 1 rings (SSSR count). The van der Waals surface area contributed by atoms with Crippen LogP contribution in [0.2, 0.25) is 0 Å². The lowest BCUT2D eigenvalue weighted by Crippen LogP contribution is -1.96. The molecule has 0 radical (unpaired) electrons. The Morgan fingerprint density at radius 2 is 2.55 bits per heavy atom. The first-order valence-corrected chi connectivity index (χ1v) is 4.58. The van der Waals surface area contributed by atoms with Crippen LogP contribution in [-0.2, 0) is 0 Å². The molecule has 1 aromatic heterocycles. The fraction of sp³-hybridized carbons (Fsp3) is 0.500. The van der Waals surface area contributed by atoms with Gasteiger partial charge in [-0.1, -0.05) is 6.92 Å². The highest BCUT2D eigenvalue weighted by atomic mass is 32.1. The van der Waals surface area contributed by atoms with E-state index in [9.17, 15) is 0 Å². The van der Waals surface area contributed by atoms with Crippen molar-refractivity contribution in [2.45, 2.75) is 26.2 Å². The fourth-order valence-electron chi connectivity index (χ4n) is 0.906. The van der Waals surface area contributed by atoms with E-state index in [1.54, 1.807) is 11.3 Å². The van der Waals surface area contributed by atoms with E-state index in [2.05, 4.69) is 11.9 Å². The van der Waals surface area contributed by atoms with Gasteiger partial charge in [0, 0.05) is 23.2 Å². The minimum Gasteiger partial charge on any atom is -0.312 e. The van der Waals surface area contributed by atoms with E-state index in [1.165, 1.54) is 6.21 Å². The molecule has 0 amide bonds. The van der Waals surface area contributed by atoms with Gasteiger partial charge in [0.2, 0.25) is 0 Å². The van der Waals surface area contributed by atoms with E-state index < -0.39 is 0 Å². The van der Waals surface area contributed by atoms with Gasteiger partial charge < -0.3 is 5.41 Å². The monoisotopic (exact) mass is 168 g/mol. The number of hydrogen-bond acceptors (Lipinski definition) is 3. The summed E-state index contributed by atoms with van der Waals surface area (Å²) >= 11 is 1.64. The predicted molar refractivity (Wildman–Crippen MR) is 48.7 cm³/mol. The Kier molecular flexibility index (Phi) is 2.76. The van der Waals surface area contributed by atoms with Gasteiger partial charge in [-0.05, 0) is 13.3 Å². The van der Waals surface area contributed by atoms with Crippen molar-refractivity contribution < 1.29 is 0 Å². The lowest BCUT2D eigenvalue weighted by Gasteiger charge is -2.01. The summed E-state index contributed by atoms with van der Waals surface area (Å²) in [5.41, 5.74) is 1.06. The van der Waals surface area contributed by atoms with Gasteiger partial charge in [0.05, 0.1) is 0 Å². The third-order valence-corrected chi connectivity index (χ3v) is 2.69. The zero-order valence-corrected chi connectivity index (χ0v) is 7.61. The molecule has 0 bridgehead atoms. The molecule has 1 aromatic rings. The SMILES string of the molecule is CC[C@H](C=N)c1nc(C)cs1. The molecular formula is C8H12N2S. The summed E-state index contributed by atoms with van der Waals surface area (Å²) in [6.07, 6.45) is 2.44. The van der Waals surface area contributed by atoms with Crippen LogP contribution in [0.15, 0.2) is 5.38 Å². The maximum atomic E-state index is 7.15. The van der Waals surface area contributed by atoms with E-state index in [0.29, 0.717) is 0 Å². The highest BCUT2D eigenvalue weighted by Crippen LogP contribution is 2.20. The number of hydrogen-bond donors (Lipinski definition) is 1. The Morgan fingerprint density at radius 3 is 2.91 bits per heavy atom. The van der Waals surface area contributed by atoms with Crippen molar-refractivity contribution in [1.82, 2.24) is 4.98 Å². The Labute approximate surface area is 70.8 Å². The molecule has 0 aromatic carbocycles. The molecule has 0 aliphatic carbocycles.